The highest BCUT2D eigenvalue weighted by atomic mass is 16.5. The molecule has 1 unspecified atom stereocenters. The van der Waals surface area contributed by atoms with Gasteiger partial charge in [-0.05, 0) is 35.4 Å². The first-order chi connectivity index (χ1) is 14.8. The lowest BCUT2D eigenvalue weighted by molar-refractivity contribution is -0.858. The lowest BCUT2D eigenvalue weighted by Gasteiger charge is -2.27. The molecule has 2 heterocycles. The molecule has 3 rings (SSSR count). The van der Waals surface area contributed by atoms with Gasteiger partial charge in [0, 0.05) is 30.9 Å². The van der Waals surface area contributed by atoms with Crippen LogP contribution in [0.25, 0.3) is 5.76 Å². The molecule has 0 saturated carbocycles. The second kappa shape index (κ2) is 9.53. The quantitative estimate of drug-likeness (QED) is 0.282. The molecule has 162 valence electrons. The highest BCUT2D eigenvalue weighted by Crippen LogP contribution is 2.38. The van der Waals surface area contributed by atoms with E-state index in [1.807, 2.05) is 14.1 Å². The number of ether oxygens (including phenoxy) is 1. The third-order valence-corrected chi connectivity index (χ3v) is 5.20. The molecule has 0 aliphatic carbocycles. The summed E-state index contributed by atoms with van der Waals surface area (Å²) in [5, 5.41) is 13.2. The fraction of sp³-hybridized carbons (Fsp3) is 0.304. The van der Waals surface area contributed by atoms with Gasteiger partial charge in [-0.2, -0.15) is 0 Å². The molecule has 1 aromatic heterocycles. The summed E-state index contributed by atoms with van der Waals surface area (Å²) in [5.74, 6) is -2.47. The monoisotopic (exact) mass is 423 g/mol. The molecule has 2 aromatic rings. The van der Waals surface area contributed by atoms with Crippen molar-refractivity contribution in [2.75, 3.05) is 34.3 Å². The average molecular weight is 423 g/mol. The van der Waals surface area contributed by atoms with Crippen LogP contribution in [0.3, 0.4) is 0 Å². The number of carbonyl (C=O) groups is 3. The van der Waals surface area contributed by atoms with Gasteiger partial charge in [-0.25, -0.2) is 4.79 Å². The number of methoxy groups -OCH3 is 1. The number of hydrogen-bond acceptors (Lipinski definition) is 6. The minimum absolute atomic E-state index is 0.0841. The second-order valence-electron chi connectivity index (χ2n) is 7.63. The number of amides is 1. The van der Waals surface area contributed by atoms with Gasteiger partial charge < -0.3 is 19.6 Å². The van der Waals surface area contributed by atoms with Crippen LogP contribution in [0.5, 0.6) is 0 Å². The summed E-state index contributed by atoms with van der Waals surface area (Å²) in [6.45, 7) is 1.14. The molecule has 1 atom stereocenters. The first-order valence-electron chi connectivity index (χ1n) is 9.99. The minimum Gasteiger partial charge on any atom is -0.872 e. The Hall–Kier alpha value is -3.52. The number of rotatable bonds is 7. The van der Waals surface area contributed by atoms with Crippen molar-refractivity contribution in [1.82, 2.24) is 9.88 Å². The fourth-order valence-electron chi connectivity index (χ4n) is 3.63. The first-order valence-corrected chi connectivity index (χ1v) is 9.99. The molecule has 1 N–H and O–H groups in total. The molecule has 0 bridgehead atoms. The number of nitrogens with one attached hydrogen (secondary N) is 1. The van der Waals surface area contributed by atoms with Crippen molar-refractivity contribution >= 4 is 23.4 Å². The predicted octanol–water partition coefficient (Wildman–Crippen LogP) is -0.373. The van der Waals surface area contributed by atoms with Crippen molar-refractivity contribution in [3.05, 3.63) is 71.1 Å². The molecule has 1 fully saturated rings. The van der Waals surface area contributed by atoms with Gasteiger partial charge in [0.15, 0.2) is 0 Å². The van der Waals surface area contributed by atoms with Crippen LogP contribution in [0, 0.1) is 0 Å². The summed E-state index contributed by atoms with van der Waals surface area (Å²) in [7, 11) is 5.30. The number of ketones is 1. The Bertz CT molecular complexity index is 1000. The zero-order valence-electron chi connectivity index (χ0n) is 17.8. The van der Waals surface area contributed by atoms with Gasteiger partial charge in [0.05, 0.1) is 39.4 Å². The van der Waals surface area contributed by atoms with Gasteiger partial charge >= 0.3 is 5.97 Å². The molecule has 1 saturated heterocycles. The SMILES string of the molecule is COC(=O)c1ccc(C2/C(=C(\[O-])c3ccncc3)C(=O)C(=O)N2CCC[NH+](C)C)cc1. The molecule has 31 heavy (non-hydrogen) atoms. The maximum Gasteiger partial charge on any atom is 0.337 e. The highest BCUT2D eigenvalue weighted by molar-refractivity contribution is 6.46. The summed E-state index contributed by atoms with van der Waals surface area (Å²) < 4.78 is 4.72. The Morgan fingerprint density at radius 3 is 2.32 bits per heavy atom. The molecular formula is C23H25N3O5. The van der Waals surface area contributed by atoms with Crippen LogP contribution in [-0.2, 0) is 14.3 Å². The molecule has 1 amide bonds. The Morgan fingerprint density at radius 1 is 1.10 bits per heavy atom. The number of nitrogens with zero attached hydrogens (tertiary/aromatic N) is 2. The van der Waals surface area contributed by atoms with E-state index in [-0.39, 0.29) is 5.57 Å². The molecule has 8 heteroatoms. The Balaban J connectivity index is 2.07. The number of carbonyl (C=O) groups excluding carboxylic acids is 3. The molecule has 0 radical (unpaired) electrons. The van der Waals surface area contributed by atoms with E-state index in [9.17, 15) is 19.5 Å². The van der Waals surface area contributed by atoms with E-state index >= 15 is 0 Å². The van der Waals surface area contributed by atoms with Gasteiger partial charge in [-0.1, -0.05) is 17.9 Å². The maximum absolute atomic E-state index is 13.2. The number of likely N-dealkylation sites (tertiary alicyclic amines) is 1. The maximum atomic E-state index is 13.2. The fourth-order valence-corrected chi connectivity index (χ4v) is 3.63. The molecule has 1 aliphatic heterocycles. The lowest BCUT2D eigenvalue weighted by Crippen LogP contribution is -3.05. The molecule has 8 nitrogen and oxygen atoms in total. The highest BCUT2D eigenvalue weighted by Gasteiger charge is 2.43. The van der Waals surface area contributed by atoms with E-state index in [2.05, 4.69) is 4.98 Å². The van der Waals surface area contributed by atoms with Crippen molar-refractivity contribution < 1.29 is 29.1 Å². The van der Waals surface area contributed by atoms with E-state index in [1.165, 1.54) is 41.4 Å². The number of pyridine rings is 1. The zero-order chi connectivity index (χ0) is 22.5. The number of aromatic nitrogens is 1. The van der Waals surface area contributed by atoms with Gasteiger partial charge in [0.25, 0.3) is 5.91 Å². The van der Waals surface area contributed by atoms with E-state index < -0.39 is 29.5 Å². The van der Waals surface area contributed by atoms with Crippen LogP contribution >= 0.6 is 0 Å². The van der Waals surface area contributed by atoms with Crippen molar-refractivity contribution in [1.29, 1.82) is 0 Å². The number of esters is 1. The summed E-state index contributed by atoms with van der Waals surface area (Å²) in [6, 6.07) is 8.63. The third-order valence-electron chi connectivity index (χ3n) is 5.20. The van der Waals surface area contributed by atoms with Gasteiger partial charge in [-0.15, -0.1) is 0 Å². The Morgan fingerprint density at radius 2 is 1.74 bits per heavy atom. The predicted molar refractivity (Wildman–Crippen MR) is 111 cm³/mol. The largest absolute Gasteiger partial charge is 0.872 e. The van der Waals surface area contributed by atoms with Crippen LogP contribution in [-0.4, -0.2) is 61.8 Å². The van der Waals surface area contributed by atoms with Crippen LogP contribution in [0.1, 0.15) is 33.9 Å². The Kier molecular flexibility index (Phi) is 6.81. The number of Topliss-reactive ketones (excluding diaryl/α,β-unsaturated/α-hetero) is 1. The van der Waals surface area contributed by atoms with Crippen LogP contribution < -0.4 is 10.0 Å². The molecule has 1 aromatic carbocycles. The third kappa shape index (κ3) is 4.64. The van der Waals surface area contributed by atoms with E-state index in [0.717, 1.165) is 6.54 Å². The van der Waals surface area contributed by atoms with Gasteiger partial charge in [-0.3, -0.25) is 14.6 Å². The summed E-state index contributed by atoms with van der Waals surface area (Å²) in [5.41, 5.74) is 1.13. The molecule has 1 aliphatic rings. The first kappa shape index (κ1) is 22.2. The van der Waals surface area contributed by atoms with Crippen LogP contribution in [0.15, 0.2) is 54.4 Å². The number of quaternary nitrogens is 1. The zero-order valence-corrected chi connectivity index (χ0v) is 17.8. The topological polar surface area (TPSA) is 104 Å². The van der Waals surface area contributed by atoms with E-state index in [1.54, 1.807) is 24.3 Å². The van der Waals surface area contributed by atoms with Crippen molar-refractivity contribution in [3.63, 3.8) is 0 Å². The summed E-state index contributed by atoms with van der Waals surface area (Å²) in [6.07, 6.45) is 3.61. The number of hydrogen-bond donors (Lipinski definition) is 1. The van der Waals surface area contributed by atoms with Crippen molar-refractivity contribution in [2.24, 2.45) is 0 Å². The Labute approximate surface area is 180 Å². The molecular weight excluding hydrogens is 398 g/mol. The van der Waals surface area contributed by atoms with Crippen molar-refractivity contribution in [2.45, 2.75) is 12.5 Å². The second-order valence-corrected chi connectivity index (χ2v) is 7.63. The van der Waals surface area contributed by atoms with Gasteiger partial charge in [0.1, 0.15) is 0 Å². The van der Waals surface area contributed by atoms with Crippen LogP contribution in [0.2, 0.25) is 0 Å². The minimum atomic E-state index is -0.815. The standard InChI is InChI=1S/C23H25N3O5/c1-25(2)13-4-14-26-19(15-5-7-17(8-6-15)23(30)31-3)18(21(28)22(26)29)20(27)16-9-11-24-12-10-16/h5-12,19,27H,4,13-14H2,1-3H3/b20-18+. The lowest BCUT2D eigenvalue weighted by atomic mass is 9.95. The summed E-state index contributed by atoms with van der Waals surface area (Å²) >= 11 is 0. The van der Waals surface area contributed by atoms with Crippen LogP contribution in [0.4, 0.5) is 0 Å². The van der Waals surface area contributed by atoms with E-state index in [4.69, 9.17) is 4.74 Å². The number of benzene rings is 1. The van der Waals surface area contributed by atoms with Crippen molar-refractivity contribution in [3.8, 4) is 0 Å². The summed E-state index contributed by atoms with van der Waals surface area (Å²) in [4.78, 5) is 44.1. The van der Waals surface area contributed by atoms with E-state index in [0.29, 0.717) is 29.7 Å². The molecule has 0 spiro atoms. The smallest absolute Gasteiger partial charge is 0.337 e. The average Bonchev–Trinajstić information content (AvgIpc) is 3.03. The normalized spacial score (nSPS) is 17.9. The van der Waals surface area contributed by atoms with Gasteiger partial charge in [0.2, 0.25) is 5.78 Å².